The molecular formula is C12H16N4O4S. The van der Waals surface area contributed by atoms with E-state index >= 15 is 0 Å². The second-order valence-electron chi connectivity index (χ2n) is 4.41. The topological polar surface area (TPSA) is 124 Å². The lowest BCUT2D eigenvalue weighted by Crippen LogP contribution is -2.27. The number of rotatable bonds is 6. The van der Waals surface area contributed by atoms with Crippen LogP contribution < -0.4 is 21.2 Å². The van der Waals surface area contributed by atoms with Gasteiger partial charge in [0.1, 0.15) is 0 Å². The summed E-state index contributed by atoms with van der Waals surface area (Å²) in [6, 6.07) is 4.42. The molecule has 2 aromatic rings. The molecule has 0 aliphatic carbocycles. The van der Waals surface area contributed by atoms with Crippen molar-refractivity contribution in [3.63, 3.8) is 0 Å². The third kappa shape index (κ3) is 3.50. The van der Waals surface area contributed by atoms with Gasteiger partial charge in [-0.25, -0.2) is 8.42 Å². The number of aromatic nitrogens is 2. The smallest absolute Gasteiger partial charge is 0.272 e. The molecule has 1 heterocycles. The maximum Gasteiger partial charge on any atom is 0.272 e. The SMILES string of the molecule is CCNCCS(=O)(=O)Nc1cccc2c(=O)[nH][nH]c(=O)c12. The summed E-state index contributed by atoms with van der Waals surface area (Å²) in [5.74, 6) is -0.127. The summed E-state index contributed by atoms with van der Waals surface area (Å²) in [5, 5.41) is 7.43. The van der Waals surface area contributed by atoms with Crippen LogP contribution in [0.15, 0.2) is 27.8 Å². The van der Waals surface area contributed by atoms with Gasteiger partial charge in [0.15, 0.2) is 0 Å². The fraction of sp³-hybridized carbons (Fsp3) is 0.333. The minimum atomic E-state index is -3.61. The van der Waals surface area contributed by atoms with Gasteiger partial charge in [-0.1, -0.05) is 13.0 Å². The Balaban J connectivity index is 2.42. The second kappa shape index (κ2) is 6.10. The highest BCUT2D eigenvalue weighted by atomic mass is 32.2. The third-order valence-corrected chi connectivity index (χ3v) is 4.16. The van der Waals surface area contributed by atoms with E-state index < -0.39 is 21.1 Å². The summed E-state index contributed by atoms with van der Waals surface area (Å²) in [4.78, 5) is 23.5. The molecule has 1 aromatic carbocycles. The minimum absolute atomic E-state index is 0.0216. The summed E-state index contributed by atoms with van der Waals surface area (Å²) >= 11 is 0. The Morgan fingerprint density at radius 2 is 1.86 bits per heavy atom. The van der Waals surface area contributed by atoms with Crippen LogP contribution in [0.25, 0.3) is 10.8 Å². The maximum absolute atomic E-state index is 12.0. The zero-order valence-corrected chi connectivity index (χ0v) is 12.2. The first-order chi connectivity index (χ1) is 9.94. The quantitative estimate of drug-likeness (QED) is 0.539. The van der Waals surface area contributed by atoms with Crippen LogP contribution in [0, 0.1) is 0 Å². The number of hydrogen-bond acceptors (Lipinski definition) is 5. The van der Waals surface area contributed by atoms with Gasteiger partial charge in [0.25, 0.3) is 11.1 Å². The van der Waals surface area contributed by atoms with E-state index in [1.54, 1.807) is 0 Å². The average Bonchev–Trinajstić information content (AvgIpc) is 2.43. The number of nitrogens with one attached hydrogen (secondary N) is 4. The summed E-state index contributed by atoms with van der Waals surface area (Å²) in [5.41, 5.74) is -0.954. The molecule has 0 saturated heterocycles. The van der Waals surface area contributed by atoms with Gasteiger partial charge in [-0.2, -0.15) is 0 Å². The van der Waals surface area contributed by atoms with Crippen molar-refractivity contribution >= 4 is 26.5 Å². The molecule has 0 unspecified atom stereocenters. The van der Waals surface area contributed by atoms with Crippen molar-refractivity contribution in [1.29, 1.82) is 0 Å². The Labute approximate surface area is 120 Å². The van der Waals surface area contributed by atoms with Crippen LogP contribution >= 0.6 is 0 Å². The maximum atomic E-state index is 12.0. The molecule has 0 spiro atoms. The Morgan fingerprint density at radius 1 is 1.14 bits per heavy atom. The fourth-order valence-corrected chi connectivity index (χ4v) is 2.94. The van der Waals surface area contributed by atoms with Crippen LogP contribution in [0.5, 0.6) is 0 Å². The molecule has 9 heteroatoms. The molecule has 0 bridgehead atoms. The lowest BCUT2D eigenvalue weighted by Gasteiger charge is -2.10. The van der Waals surface area contributed by atoms with Crippen LogP contribution in [0.4, 0.5) is 5.69 Å². The van der Waals surface area contributed by atoms with Crippen LogP contribution in [0.3, 0.4) is 0 Å². The Kier molecular flexibility index (Phi) is 4.43. The molecule has 0 aliphatic heterocycles. The molecule has 0 fully saturated rings. The molecule has 0 saturated carbocycles. The Hall–Kier alpha value is -2.13. The first-order valence-electron chi connectivity index (χ1n) is 6.39. The number of anilines is 1. The lowest BCUT2D eigenvalue weighted by atomic mass is 10.2. The molecule has 114 valence electrons. The first-order valence-corrected chi connectivity index (χ1v) is 8.04. The highest BCUT2D eigenvalue weighted by molar-refractivity contribution is 7.92. The Morgan fingerprint density at radius 3 is 2.57 bits per heavy atom. The molecule has 0 atom stereocenters. The predicted molar refractivity (Wildman–Crippen MR) is 81.1 cm³/mol. The zero-order valence-electron chi connectivity index (χ0n) is 11.4. The number of hydrogen-bond donors (Lipinski definition) is 4. The van der Waals surface area contributed by atoms with Gasteiger partial charge in [0, 0.05) is 6.54 Å². The highest BCUT2D eigenvalue weighted by Gasteiger charge is 2.14. The standard InChI is InChI=1S/C12H16N4O4S/c1-2-13-6-7-21(19,20)16-9-5-3-4-8-10(9)12(18)15-14-11(8)17/h3-5,13,16H,2,6-7H2,1H3,(H,14,17)(H,15,18). The van der Waals surface area contributed by atoms with E-state index in [0.29, 0.717) is 13.1 Å². The molecule has 2 rings (SSSR count). The normalized spacial score (nSPS) is 11.7. The van der Waals surface area contributed by atoms with E-state index in [2.05, 4.69) is 20.2 Å². The molecule has 0 amide bonds. The average molecular weight is 312 g/mol. The molecule has 21 heavy (non-hydrogen) atoms. The number of sulfonamides is 1. The van der Waals surface area contributed by atoms with Gasteiger partial charge in [-0.15, -0.1) is 0 Å². The van der Waals surface area contributed by atoms with Gasteiger partial charge in [-0.05, 0) is 18.7 Å². The van der Waals surface area contributed by atoms with E-state index in [1.165, 1.54) is 18.2 Å². The van der Waals surface area contributed by atoms with E-state index in [4.69, 9.17) is 0 Å². The van der Waals surface area contributed by atoms with Gasteiger partial charge < -0.3 is 5.32 Å². The van der Waals surface area contributed by atoms with Gasteiger partial charge in [-0.3, -0.25) is 24.5 Å². The molecule has 0 radical (unpaired) electrons. The monoisotopic (exact) mass is 312 g/mol. The van der Waals surface area contributed by atoms with Crippen molar-refractivity contribution in [2.75, 3.05) is 23.6 Å². The van der Waals surface area contributed by atoms with Crippen LogP contribution in [-0.4, -0.2) is 37.5 Å². The molecule has 0 aliphatic rings. The van der Waals surface area contributed by atoms with Gasteiger partial charge in [0.2, 0.25) is 10.0 Å². The van der Waals surface area contributed by atoms with Crippen molar-refractivity contribution in [1.82, 2.24) is 15.5 Å². The van der Waals surface area contributed by atoms with Gasteiger partial charge in [0.05, 0.1) is 22.2 Å². The summed E-state index contributed by atoms with van der Waals surface area (Å²) in [6.45, 7) is 2.84. The predicted octanol–water partition coefficient (Wildman–Crippen LogP) is -0.432. The highest BCUT2D eigenvalue weighted by Crippen LogP contribution is 2.18. The van der Waals surface area contributed by atoms with Crippen molar-refractivity contribution < 1.29 is 8.42 Å². The van der Waals surface area contributed by atoms with E-state index in [0.717, 1.165) is 0 Å². The molecule has 1 aromatic heterocycles. The van der Waals surface area contributed by atoms with Crippen molar-refractivity contribution in [3.05, 3.63) is 38.9 Å². The van der Waals surface area contributed by atoms with Crippen LogP contribution in [-0.2, 0) is 10.0 Å². The summed E-state index contributed by atoms with van der Waals surface area (Å²) in [7, 11) is -3.61. The van der Waals surface area contributed by atoms with Crippen molar-refractivity contribution in [2.45, 2.75) is 6.92 Å². The number of benzene rings is 1. The van der Waals surface area contributed by atoms with Crippen LogP contribution in [0.2, 0.25) is 0 Å². The molecule has 8 nitrogen and oxygen atoms in total. The lowest BCUT2D eigenvalue weighted by molar-refractivity contribution is 0.597. The largest absolute Gasteiger partial charge is 0.316 e. The van der Waals surface area contributed by atoms with Crippen molar-refractivity contribution in [3.8, 4) is 0 Å². The summed E-state index contributed by atoms with van der Waals surface area (Å²) in [6.07, 6.45) is 0. The van der Waals surface area contributed by atoms with Crippen molar-refractivity contribution in [2.24, 2.45) is 0 Å². The second-order valence-corrected chi connectivity index (χ2v) is 6.25. The molecular weight excluding hydrogens is 296 g/mol. The number of fused-ring (bicyclic) bond motifs is 1. The van der Waals surface area contributed by atoms with Crippen LogP contribution in [0.1, 0.15) is 6.92 Å². The third-order valence-electron chi connectivity index (χ3n) is 2.89. The Bertz CT molecular complexity index is 853. The number of H-pyrrole nitrogens is 2. The first kappa shape index (κ1) is 15.3. The van der Waals surface area contributed by atoms with E-state index in [-0.39, 0.29) is 22.2 Å². The van der Waals surface area contributed by atoms with E-state index in [1.807, 2.05) is 6.92 Å². The number of aromatic amines is 2. The van der Waals surface area contributed by atoms with Gasteiger partial charge >= 0.3 is 0 Å². The zero-order chi connectivity index (χ0) is 15.5. The summed E-state index contributed by atoms with van der Waals surface area (Å²) < 4.78 is 26.3. The minimum Gasteiger partial charge on any atom is -0.316 e. The molecule has 4 N–H and O–H groups in total. The fourth-order valence-electron chi connectivity index (χ4n) is 1.92. The van der Waals surface area contributed by atoms with E-state index in [9.17, 15) is 18.0 Å².